The Balaban J connectivity index is 2.33. The van der Waals surface area contributed by atoms with Crippen LogP contribution in [0.3, 0.4) is 0 Å². The van der Waals surface area contributed by atoms with Crippen molar-refractivity contribution < 1.29 is 17.9 Å². The molecule has 2 nitrogen and oxygen atoms in total. The first kappa shape index (κ1) is 14.7. The minimum atomic E-state index is -4.43. The van der Waals surface area contributed by atoms with Crippen molar-refractivity contribution in [3.63, 3.8) is 0 Å². The fraction of sp³-hybridized carbons (Fsp3) is 0.143. The molecule has 0 aliphatic carbocycles. The highest BCUT2D eigenvalue weighted by Gasteiger charge is 2.33. The van der Waals surface area contributed by atoms with E-state index in [-0.39, 0.29) is 17.9 Å². The van der Waals surface area contributed by atoms with Gasteiger partial charge in [0.2, 0.25) is 0 Å². The molecule has 0 spiro atoms. The molecule has 2 rings (SSSR count). The molecule has 0 aliphatic rings. The Hall–Kier alpha value is -1.72. The third kappa shape index (κ3) is 3.23. The van der Waals surface area contributed by atoms with Gasteiger partial charge in [0.15, 0.2) is 0 Å². The first-order valence-electron chi connectivity index (χ1n) is 5.74. The summed E-state index contributed by atoms with van der Waals surface area (Å²) in [5, 5.41) is 0.377. The summed E-state index contributed by atoms with van der Waals surface area (Å²) in [6, 6.07) is 10.2. The molecule has 0 aromatic heterocycles. The molecular weight excluding hydrogens is 291 g/mol. The predicted octanol–water partition coefficient (Wildman–Crippen LogP) is 4.61. The van der Waals surface area contributed by atoms with E-state index in [9.17, 15) is 13.2 Å². The number of ether oxygens (including phenoxy) is 1. The summed E-state index contributed by atoms with van der Waals surface area (Å²) in [5.41, 5.74) is 4.57. The van der Waals surface area contributed by atoms with E-state index < -0.39 is 11.7 Å². The summed E-state index contributed by atoms with van der Waals surface area (Å²) in [6.45, 7) is -0.228. The van der Waals surface area contributed by atoms with Crippen LogP contribution in [-0.2, 0) is 12.7 Å². The Bertz CT molecular complexity index is 614. The third-order valence-corrected chi connectivity index (χ3v) is 2.98. The molecule has 0 aliphatic heterocycles. The lowest BCUT2D eigenvalue weighted by Gasteiger charge is -2.14. The quantitative estimate of drug-likeness (QED) is 0.898. The molecule has 0 saturated heterocycles. The summed E-state index contributed by atoms with van der Waals surface area (Å²) in [4.78, 5) is 0. The standard InChI is InChI=1S/C14H11ClF3NO/c15-12-3-1-2-4-13(12)20-10-5-6-11(14(16,17)18)9(7-10)8-19/h1-7H,8,19H2. The zero-order valence-corrected chi connectivity index (χ0v) is 11.0. The fourth-order valence-electron chi connectivity index (χ4n) is 1.73. The van der Waals surface area contributed by atoms with Crippen molar-refractivity contribution in [3.05, 3.63) is 58.6 Å². The summed E-state index contributed by atoms with van der Waals surface area (Å²) >= 11 is 5.92. The number of rotatable bonds is 3. The molecule has 0 fully saturated rings. The number of nitrogens with two attached hydrogens (primary N) is 1. The summed E-state index contributed by atoms with van der Waals surface area (Å²) in [5.74, 6) is 0.628. The Kier molecular flexibility index (Phi) is 4.20. The topological polar surface area (TPSA) is 35.2 Å². The maximum Gasteiger partial charge on any atom is 0.416 e. The smallest absolute Gasteiger partial charge is 0.416 e. The number of hydrogen-bond donors (Lipinski definition) is 1. The average Bonchev–Trinajstić information content (AvgIpc) is 2.40. The monoisotopic (exact) mass is 301 g/mol. The average molecular weight is 302 g/mol. The normalized spacial score (nSPS) is 11.4. The van der Waals surface area contributed by atoms with Gasteiger partial charge in [0, 0.05) is 6.54 Å². The lowest BCUT2D eigenvalue weighted by Crippen LogP contribution is -2.11. The summed E-state index contributed by atoms with van der Waals surface area (Å²) in [6.07, 6.45) is -4.43. The Morgan fingerprint density at radius 1 is 1.10 bits per heavy atom. The van der Waals surface area contributed by atoms with Gasteiger partial charge in [-0.3, -0.25) is 0 Å². The minimum Gasteiger partial charge on any atom is -0.456 e. The van der Waals surface area contributed by atoms with Gasteiger partial charge >= 0.3 is 6.18 Å². The summed E-state index contributed by atoms with van der Waals surface area (Å²) < 4.78 is 43.7. The molecule has 2 aromatic rings. The van der Waals surface area contributed by atoms with E-state index >= 15 is 0 Å². The molecule has 0 saturated carbocycles. The molecule has 0 heterocycles. The maximum atomic E-state index is 12.7. The van der Waals surface area contributed by atoms with Crippen molar-refractivity contribution in [3.8, 4) is 11.5 Å². The van der Waals surface area contributed by atoms with Crippen LogP contribution in [-0.4, -0.2) is 0 Å². The van der Waals surface area contributed by atoms with E-state index in [2.05, 4.69) is 0 Å². The van der Waals surface area contributed by atoms with Crippen molar-refractivity contribution >= 4 is 11.6 Å². The molecule has 6 heteroatoms. The highest BCUT2D eigenvalue weighted by Crippen LogP contribution is 2.35. The second kappa shape index (κ2) is 5.73. The minimum absolute atomic E-state index is 0.0259. The molecule has 20 heavy (non-hydrogen) atoms. The van der Waals surface area contributed by atoms with E-state index in [1.54, 1.807) is 24.3 Å². The zero-order valence-electron chi connectivity index (χ0n) is 10.2. The van der Waals surface area contributed by atoms with Gasteiger partial charge in [-0.25, -0.2) is 0 Å². The van der Waals surface area contributed by atoms with Gasteiger partial charge in [-0.15, -0.1) is 0 Å². The molecule has 0 unspecified atom stereocenters. The number of benzene rings is 2. The van der Waals surface area contributed by atoms with Crippen molar-refractivity contribution in [2.75, 3.05) is 0 Å². The molecular formula is C14H11ClF3NO. The predicted molar refractivity (Wildman–Crippen MR) is 70.9 cm³/mol. The van der Waals surface area contributed by atoms with E-state index in [1.165, 1.54) is 12.1 Å². The van der Waals surface area contributed by atoms with Crippen LogP contribution in [0.25, 0.3) is 0 Å². The van der Waals surface area contributed by atoms with Crippen LogP contribution in [0.5, 0.6) is 11.5 Å². The first-order chi connectivity index (χ1) is 9.41. The van der Waals surface area contributed by atoms with E-state index in [4.69, 9.17) is 22.1 Å². The van der Waals surface area contributed by atoms with Gasteiger partial charge in [0.25, 0.3) is 0 Å². The SMILES string of the molecule is NCc1cc(Oc2ccccc2Cl)ccc1C(F)(F)F. The van der Waals surface area contributed by atoms with Crippen LogP contribution in [0.15, 0.2) is 42.5 Å². The van der Waals surface area contributed by atoms with Crippen LogP contribution in [0.4, 0.5) is 13.2 Å². The highest BCUT2D eigenvalue weighted by atomic mass is 35.5. The maximum absolute atomic E-state index is 12.7. The molecule has 2 aromatic carbocycles. The Morgan fingerprint density at radius 3 is 2.40 bits per heavy atom. The van der Waals surface area contributed by atoms with Crippen molar-refractivity contribution in [1.82, 2.24) is 0 Å². The fourth-order valence-corrected chi connectivity index (χ4v) is 1.91. The molecule has 0 bridgehead atoms. The van der Waals surface area contributed by atoms with E-state index in [0.717, 1.165) is 6.07 Å². The Morgan fingerprint density at radius 2 is 1.80 bits per heavy atom. The van der Waals surface area contributed by atoms with Crippen LogP contribution in [0.2, 0.25) is 5.02 Å². The van der Waals surface area contributed by atoms with Gasteiger partial charge in [-0.1, -0.05) is 23.7 Å². The van der Waals surface area contributed by atoms with Crippen molar-refractivity contribution in [2.24, 2.45) is 5.73 Å². The Labute approximate surface area is 118 Å². The van der Waals surface area contributed by atoms with Crippen LogP contribution >= 0.6 is 11.6 Å². The number of para-hydroxylation sites is 1. The van der Waals surface area contributed by atoms with Gasteiger partial charge in [-0.2, -0.15) is 13.2 Å². The number of alkyl halides is 3. The van der Waals surface area contributed by atoms with E-state index in [1.807, 2.05) is 0 Å². The number of hydrogen-bond acceptors (Lipinski definition) is 2. The van der Waals surface area contributed by atoms with Gasteiger partial charge in [-0.05, 0) is 35.9 Å². The third-order valence-electron chi connectivity index (χ3n) is 2.67. The summed E-state index contributed by atoms with van der Waals surface area (Å²) in [7, 11) is 0. The van der Waals surface area contributed by atoms with Crippen LogP contribution in [0, 0.1) is 0 Å². The van der Waals surface area contributed by atoms with Crippen molar-refractivity contribution in [2.45, 2.75) is 12.7 Å². The molecule has 2 N–H and O–H groups in total. The molecule has 0 atom stereocenters. The lowest BCUT2D eigenvalue weighted by molar-refractivity contribution is -0.138. The largest absolute Gasteiger partial charge is 0.456 e. The van der Waals surface area contributed by atoms with Crippen LogP contribution in [0.1, 0.15) is 11.1 Å². The van der Waals surface area contributed by atoms with Crippen molar-refractivity contribution in [1.29, 1.82) is 0 Å². The first-order valence-corrected chi connectivity index (χ1v) is 6.12. The van der Waals surface area contributed by atoms with Crippen LogP contribution < -0.4 is 10.5 Å². The lowest BCUT2D eigenvalue weighted by atomic mass is 10.1. The number of halogens is 4. The molecule has 0 amide bonds. The van der Waals surface area contributed by atoms with Gasteiger partial charge in [0.1, 0.15) is 11.5 Å². The highest BCUT2D eigenvalue weighted by molar-refractivity contribution is 6.32. The molecule has 0 radical (unpaired) electrons. The zero-order chi connectivity index (χ0) is 14.8. The second-order valence-corrected chi connectivity index (χ2v) is 4.46. The molecule has 106 valence electrons. The van der Waals surface area contributed by atoms with Gasteiger partial charge in [0.05, 0.1) is 10.6 Å². The van der Waals surface area contributed by atoms with E-state index in [0.29, 0.717) is 10.8 Å². The van der Waals surface area contributed by atoms with Gasteiger partial charge < -0.3 is 10.5 Å². The second-order valence-electron chi connectivity index (χ2n) is 4.05.